The van der Waals surface area contributed by atoms with Gasteiger partial charge < -0.3 is 19.7 Å². The van der Waals surface area contributed by atoms with Gasteiger partial charge in [-0.1, -0.05) is 32.0 Å². The highest BCUT2D eigenvalue weighted by Crippen LogP contribution is 2.58. The molecule has 2 aromatic heterocycles. The van der Waals surface area contributed by atoms with Crippen LogP contribution in [-0.2, 0) is 10.2 Å². The SMILES string of the molecule is CC(C)NCCOc1ncccc1-c1nc2cc(F)ccc2c2c1N(C)C(=O)C21CC(Oc2ccccc2)C1.Cl. The molecule has 1 fully saturated rings. The minimum absolute atomic E-state index is 0. The summed E-state index contributed by atoms with van der Waals surface area (Å²) >= 11 is 0. The number of halogens is 2. The highest BCUT2D eigenvalue weighted by Gasteiger charge is 2.60. The van der Waals surface area contributed by atoms with Gasteiger partial charge >= 0.3 is 0 Å². The van der Waals surface area contributed by atoms with Crippen LogP contribution in [0.15, 0.2) is 66.9 Å². The van der Waals surface area contributed by atoms with Crippen molar-refractivity contribution in [2.45, 2.75) is 44.2 Å². The number of rotatable bonds is 8. The summed E-state index contributed by atoms with van der Waals surface area (Å²) in [6, 6.07) is 18.3. The fourth-order valence-corrected chi connectivity index (χ4v) is 5.81. The Bertz CT molecular complexity index is 1540. The molecule has 9 heteroatoms. The summed E-state index contributed by atoms with van der Waals surface area (Å²) in [5.74, 6) is 0.823. The van der Waals surface area contributed by atoms with E-state index in [0.717, 1.165) is 22.4 Å². The van der Waals surface area contributed by atoms with E-state index >= 15 is 0 Å². The van der Waals surface area contributed by atoms with Crippen molar-refractivity contribution in [1.29, 1.82) is 0 Å². The van der Waals surface area contributed by atoms with Crippen LogP contribution < -0.4 is 19.7 Å². The van der Waals surface area contributed by atoms with Crippen molar-refractivity contribution in [3.8, 4) is 22.9 Å². The molecule has 1 saturated carbocycles. The van der Waals surface area contributed by atoms with Crippen molar-refractivity contribution in [3.63, 3.8) is 0 Å². The lowest BCUT2D eigenvalue weighted by molar-refractivity contribution is -0.129. The lowest BCUT2D eigenvalue weighted by Crippen LogP contribution is -2.53. The first-order valence-electron chi connectivity index (χ1n) is 13.3. The average Bonchev–Trinajstić information content (AvgIpc) is 3.14. The molecule has 1 aliphatic carbocycles. The molecule has 0 saturated heterocycles. The molecule has 208 valence electrons. The van der Waals surface area contributed by atoms with Gasteiger partial charge in [0.2, 0.25) is 11.8 Å². The second-order valence-corrected chi connectivity index (χ2v) is 10.6. The smallest absolute Gasteiger partial charge is 0.237 e. The number of aromatic nitrogens is 2. The van der Waals surface area contributed by atoms with Crippen LogP contribution >= 0.6 is 12.4 Å². The molecule has 6 rings (SSSR count). The third-order valence-corrected chi connectivity index (χ3v) is 7.57. The second-order valence-electron chi connectivity index (χ2n) is 10.6. The number of benzene rings is 2. The van der Waals surface area contributed by atoms with E-state index in [9.17, 15) is 9.18 Å². The minimum atomic E-state index is -0.762. The Labute approximate surface area is 239 Å². The highest BCUT2D eigenvalue weighted by molar-refractivity contribution is 6.16. The van der Waals surface area contributed by atoms with Crippen LogP contribution in [-0.4, -0.2) is 48.2 Å². The van der Waals surface area contributed by atoms with Gasteiger partial charge in [0.05, 0.1) is 22.2 Å². The number of carbonyl (C=O) groups is 1. The molecule has 1 spiro atoms. The lowest BCUT2D eigenvalue weighted by atomic mass is 9.62. The van der Waals surface area contributed by atoms with Crippen LogP contribution in [0.5, 0.6) is 11.6 Å². The summed E-state index contributed by atoms with van der Waals surface area (Å²) in [4.78, 5) is 25.0. The number of fused-ring (bicyclic) bond motifs is 4. The van der Waals surface area contributed by atoms with E-state index in [4.69, 9.17) is 14.5 Å². The summed E-state index contributed by atoms with van der Waals surface area (Å²) in [6.45, 7) is 5.23. The number of amides is 1. The third kappa shape index (κ3) is 4.75. The zero-order chi connectivity index (χ0) is 27.1. The van der Waals surface area contributed by atoms with E-state index in [1.165, 1.54) is 12.1 Å². The number of likely N-dealkylation sites (N-methyl/N-ethyl adjacent to an activating group) is 1. The van der Waals surface area contributed by atoms with Crippen molar-refractivity contribution in [3.05, 3.63) is 78.2 Å². The van der Waals surface area contributed by atoms with E-state index < -0.39 is 5.41 Å². The first-order valence-corrected chi connectivity index (χ1v) is 13.3. The number of carbonyl (C=O) groups excluding carboxylic acids is 1. The number of hydrogen-bond donors (Lipinski definition) is 1. The van der Waals surface area contributed by atoms with Gasteiger partial charge in [-0.2, -0.15) is 0 Å². The van der Waals surface area contributed by atoms with E-state index in [1.807, 2.05) is 42.5 Å². The molecule has 2 aliphatic rings. The number of pyridine rings is 2. The Balaban J connectivity index is 0.00000323. The zero-order valence-corrected chi connectivity index (χ0v) is 23.5. The molecule has 3 heterocycles. The standard InChI is InChI=1S/C31H31FN4O3.ClH/c1-19(2)33-14-15-38-29-24(10-7-13-34-29)27-28-26(23-12-11-20(32)16-25(23)35-27)31(30(37)36(28)3)17-22(18-31)39-21-8-5-4-6-9-21;/h4-13,16,19,22,33H,14-15,17-18H2,1-3H3;1H. The Morgan fingerprint density at radius 2 is 1.90 bits per heavy atom. The van der Waals surface area contributed by atoms with Crippen LogP contribution in [0.4, 0.5) is 10.1 Å². The molecule has 40 heavy (non-hydrogen) atoms. The van der Waals surface area contributed by atoms with Crippen LogP contribution in [0.25, 0.3) is 22.2 Å². The van der Waals surface area contributed by atoms with Gasteiger partial charge in [0.25, 0.3) is 0 Å². The molecule has 0 atom stereocenters. The topological polar surface area (TPSA) is 76.6 Å². The van der Waals surface area contributed by atoms with Gasteiger partial charge in [0.1, 0.15) is 30.0 Å². The number of nitrogens with one attached hydrogen (secondary N) is 1. The molecule has 1 aliphatic heterocycles. The number of hydrogen-bond acceptors (Lipinski definition) is 6. The Morgan fingerprint density at radius 3 is 2.65 bits per heavy atom. The van der Waals surface area contributed by atoms with Crippen LogP contribution in [0.3, 0.4) is 0 Å². The van der Waals surface area contributed by atoms with Gasteiger partial charge in [-0.3, -0.25) is 4.79 Å². The maximum Gasteiger partial charge on any atom is 0.237 e. The van der Waals surface area contributed by atoms with Crippen LogP contribution in [0, 0.1) is 5.82 Å². The molecule has 0 unspecified atom stereocenters. The van der Waals surface area contributed by atoms with Gasteiger partial charge in [-0.25, -0.2) is 14.4 Å². The largest absolute Gasteiger partial charge is 0.490 e. The van der Waals surface area contributed by atoms with E-state index in [1.54, 1.807) is 24.2 Å². The van der Waals surface area contributed by atoms with Gasteiger partial charge in [-0.15, -0.1) is 12.4 Å². The lowest BCUT2D eigenvalue weighted by Gasteiger charge is -2.43. The minimum Gasteiger partial charge on any atom is -0.490 e. The summed E-state index contributed by atoms with van der Waals surface area (Å²) < 4.78 is 26.7. The van der Waals surface area contributed by atoms with Crippen LogP contribution in [0.2, 0.25) is 0 Å². The van der Waals surface area contributed by atoms with E-state index in [0.29, 0.717) is 54.7 Å². The van der Waals surface area contributed by atoms with Crippen LogP contribution in [0.1, 0.15) is 32.3 Å². The summed E-state index contributed by atoms with van der Waals surface area (Å²) in [7, 11) is 1.78. The normalized spacial score (nSPS) is 19.5. The maximum absolute atomic E-state index is 14.4. The molecule has 0 bridgehead atoms. The highest BCUT2D eigenvalue weighted by atomic mass is 35.5. The zero-order valence-electron chi connectivity index (χ0n) is 22.7. The molecule has 4 aromatic rings. The fraction of sp³-hybridized carbons (Fsp3) is 0.323. The number of anilines is 1. The van der Waals surface area contributed by atoms with Crippen molar-refractivity contribution < 1.29 is 18.7 Å². The molecular weight excluding hydrogens is 531 g/mol. The van der Waals surface area contributed by atoms with Crippen molar-refractivity contribution in [1.82, 2.24) is 15.3 Å². The Hall–Kier alpha value is -3.75. The van der Waals surface area contributed by atoms with Crippen molar-refractivity contribution in [2.24, 2.45) is 0 Å². The summed E-state index contributed by atoms with van der Waals surface area (Å²) in [5, 5.41) is 4.11. The molecule has 0 radical (unpaired) electrons. The Morgan fingerprint density at radius 1 is 1.12 bits per heavy atom. The first kappa shape index (κ1) is 27.8. The monoisotopic (exact) mass is 562 g/mol. The van der Waals surface area contributed by atoms with Gasteiger partial charge in [-0.05, 0) is 36.4 Å². The fourth-order valence-electron chi connectivity index (χ4n) is 5.81. The predicted molar refractivity (Wildman–Crippen MR) is 156 cm³/mol. The number of para-hydroxylation sites is 1. The quantitative estimate of drug-likeness (QED) is 0.278. The number of nitrogens with zero attached hydrogens (tertiary/aromatic N) is 3. The second kappa shape index (κ2) is 11.0. The third-order valence-electron chi connectivity index (χ3n) is 7.57. The average molecular weight is 563 g/mol. The summed E-state index contributed by atoms with van der Waals surface area (Å²) in [6.07, 6.45) is 2.63. The molecule has 7 nitrogen and oxygen atoms in total. The first-order chi connectivity index (χ1) is 18.9. The summed E-state index contributed by atoms with van der Waals surface area (Å²) in [5.41, 5.74) is 2.55. The molecule has 2 aromatic carbocycles. The molecule has 1 N–H and O–H groups in total. The predicted octanol–water partition coefficient (Wildman–Crippen LogP) is 5.69. The molecular formula is C31H32ClFN4O3. The van der Waals surface area contributed by atoms with E-state index in [-0.39, 0.29) is 30.2 Å². The van der Waals surface area contributed by atoms with Gasteiger partial charge in [0, 0.05) is 55.7 Å². The van der Waals surface area contributed by atoms with E-state index in [2.05, 4.69) is 24.1 Å². The Kier molecular flexibility index (Phi) is 7.66. The van der Waals surface area contributed by atoms with Crippen molar-refractivity contribution >= 4 is 34.9 Å². The molecule has 1 amide bonds. The van der Waals surface area contributed by atoms with Crippen molar-refractivity contribution in [2.75, 3.05) is 25.1 Å². The van der Waals surface area contributed by atoms with Gasteiger partial charge in [0.15, 0.2) is 0 Å². The maximum atomic E-state index is 14.4. The number of ether oxygens (including phenoxy) is 2.